The molecule has 3 aromatic carbocycles. The number of rotatable bonds is 8. The first-order valence-electron chi connectivity index (χ1n) is 10.3. The summed E-state index contributed by atoms with van der Waals surface area (Å²) in [5.41, 5.74) is 5.79. The first kappa shape index (κ1) is 22.7. The van der Waals surface area contributed by atoms with Crippen molar-refractivity contribution >= 4 is 18.1 Å². The van der Waals surface area contributed by atoms with Crippen LogP contribution in [0.15, 0.2) is 77.9 Å². The zero-order valence-electron chi connectivity index (χ0n) is 18.4. The molecule has 32 heavy (non-hydrogen) atoms. The highest BCUT2D eigenvalue weighted by atomic mass is 16.5. The zero-order chi connectivity index (χ0) is 22.9. The molecule has 3 aromatic rings. The van der Waals surface area contributed by atoms with Gasteiger partial charge in [-0.15, -0.1) is 0 Å². The van der Waals surface area contributed by atoms with Gasteiger partial charge in [0, 0.05) is 0 Å². The van der Waals surface area contributed by atoms with E-state index in [-0.39, 0.29) is 12.5 Å². The second-order valence-corrected chi connectivity index (χ2v) is 7.59. The van der Waals surface area contributed by atoms with Crippen LogP contribution in [0.3, 0.4) is 0 Å². The van der Waals surface area contributed by atoms with Crippen molar-refractivity contribution in [3.05, 3.63) is 95.1 Å². The van der Waals surface area contributed by atoms with Crippen molar-refractivity contribution in [2.45, 2.75) is 26.7 Å². The molecule has 0 aliphatic rings. The van der Waals surface area contributed by atoms with E-state index in [9.17, 15) is 9.59 Å². The van der Waals surface area contributed by atoms with Crippen molar-refractivity contribution < 1.29 is 19.1 Å². The number of carbonyl (C=O) groups excluding carboxylic acids is 2. The van der Waals surface area contributed by atoms with E-state index < -0.39 is 5.97 Å². The third kappa shape index (κ3) is 6.54. The summed E-state index contributed by atoms with van der Waals surface area (Å²) in [5, 5.41) is 3.95. The minimum atomic E-state index is -0.423. The molecule has 1 amide bonds. The van der Waals surface area contributed by atoms with Crippen molar-refractivity contribution in [1.29, 1.82) is 0 Å². The van der Waals surface area contributed by atoms with Crippen LogP contribution in [0.5, 0.6) is 11.5 Å². The average Bonchev–Trinajstić information content (AvgIpc) is 2.80. The third-order valence-electron chi connectivity index (χ3n) is 4.74. The Bertz CT molecular complexity index is 1090. The monoisotopic (exact) mass is 430 g/mol. The predicted octanol–water partition coefficient (Wildman–Crippen LogP) is 4.87. The van der Waals surface area contributed by atoms with Crippen LogP contribution < -0.4 is 14.9 Å². The fourth-order valence-corrected chi connectivity index (χ4v) is 2.85. The number of ether oxygens (including phenoxy) is 2. The predicted molar refractivity (Wildman–Crippen MR) is 124 cm³/mol. The van der Waals surface area contributed by atoms with Crippen LogP contribution in [0.25, 0.3) is 0 Å². The number of hydrazone groups is 1. The highest BCUT2D eigenvalue weighted by Gasteiger charge is 2.08. The Morgan fingerprint density at radius 3 is 2.41 bits per heavy atom. The van der Waals surface area contributed by atoms with Crippen LogP contribution >= 0.6 is 0 Å². The number of hydrogen-bond donors (Lipinski definition) is 1. The molecule has 0 saturated carbocycles. The van der Waals surface area contributed by atoms with Gasteiger partial charge in [-0.05, 0) is 72.0 Å². The second kappa shape index (κ2) is 10.9. The van der Waals surface area contributed by atoms with E-state index in [4.69, 9.17) is 9.47 Å². The van der Waals surface area contributed by atoms with Crippen molar-refractivity contribution in [2.24, 2.45) is 5.10 Å². The fraction of sp³-hybridized carbons (Fsp3) is 0.192. The van der Waals surface area contributed by atoms with Gasteiger partial charge in [0.2, 0.25) is 0 Å². The van der Waals surface area contributed by atoms with Gasteiger partial charge >= 0.3 is 5.97 Å². The molecule has 0 heterocycles. The van der Waals surface area contributed by atoms with E-state index in [0.717, 1.165) is 16.7 Å². The lowest BCUT2D eigenvalue weighted by Gasteiger charge is -2.12. The van der Waals surface area contributed by atoms with Gasteiger partial charge in [0.05, 0.1) is 11.8 Å². The molecule has 0 atom stereocenters. The van der Waals surface area contributed by atoms with Crippen LogP contribution in [-0.2, 0) is 4.79 Å². The largest absolute Gasteiger partial charge is 0.483 e. The molecule has 6 heteroatoms. The van der Waals surface area contributed by atoms with Crippen molar-refractivity contribution in [2.75, 3.05) is 6.61 Å². The molecule has 0 unspecified atom stereocenters. The summed E-state index contributed by atoms with van der Waals surface area (Å²) in [6.07, 6.45) is 1.51. The van der Waals surface area contributed by atoms with Crippen molar-refractivity contribution in [3.8, 4) is 11.5 Å². The number of nitrogens with zero attached hydrogens (tertiary/aromatic N) is 1. The van der Waals surface area contributed by atoms with Gasteiger partial charge in [0.1, 0.15) is 11.5 Å². The average molecular weight is 431 g/mol. The van der Waals surface area contributed by atoms with Gasteiger partial charge < -0.3 is 9.47 Å². The number of hydrogen-bond acceptors (Lipinski definition) is 5. The Hall–Kier alpha value is -3.93. The number of aryl methyl sites for hydroxylation is 1. The molecule has 0 fully saturated rings. The van der Waals surface area contributed by atoms with Gasteiger partial charge in [0.25, 0.3) is 5.91 Å². The lowest BCUT2D eigenvalue weighted by atomic mass is 10.0. The number of amides is 1. The maximum atomic E-state index is 12.1. The minimum Gasteiger partial charge on any atom is -0.483 e. The van der Waals surface area contributed by atoms with E-state index in [1.165, 1.54) is 6.21 Å². The molecule has 0 aliphatic carbocycles. The molecule has 0 aliphatic heterocycles. The van der Waals surface area contributed by atoms with Gasteiger partial charge in [0.15, 0.2) is 6.61 Å². The van der Waals surface area contributed by atoms with E-state index in [1.54, 1.807) is 48.5 Å². The first-order valence-corrected chi connectivity index (χ1v) is 10.3. The Balaban J connectivity index is 1.48. The summed E-state index contributed by atoms with van der Waals surface area (Å²) in [6.45, 7) is 6.02. The zero-order valence-corrected chi connectivity index (χ0v) is 18.4. The number of carbonyl (C=O) groups is 2. The number of esters is 1. The van der Waals surface area contributed by atoms with Crippen LogP contribution in [0.1, 0.15) is 46.8 Å². The van der Waals surface area contributed by atoms with Crippen LogP contribution in [0.2, 0.25) is 0 Å². The Kier molecular flexibility index (Phi) is 7.75. The normalized spacial score (nSPS) is 10.9. The fourth-order valence-electron chi connectivity index (χ4n) is 2.85. The van der Waals surface area contributed by atoms with E-state index in [2.05, 4.69) is 30.4 Å². The van der Waals surface area contributed by atoms with Crippen molar-refractivity contribution in [1.82, 2.24) is 5.43 Å². The summed E-state index contributed by atoms with van der Waals surface area (Å²) >= 11 is 0. The molecule has 0 spiro atoms. The number of nitrogens with one attached hydrogen (secondary N) is 1. The summed E-state index contributed by atoms with van der Waals surface area (Å²) in [6, 6.07) is 21.6. The van der Waals surface area contributed by atoms with Crippen LogP contribution in [-0.4, -0.2) is 24.7 Å². The van der Waals surface area contributed by atoms with Gasteiger partial charge in [-0.1, -0.05) is 44.2 Å². The van der Waals surface area contributed by atoms with Crippen molar-refractivity contribution in [3.63, 3.8) is 0 Å². The quantitative estimate of drug-likeness (QED) is 0.239. The van der Waals surface area contributed by atoms with E-state index in [1.807, 2.05) is 25.1 Å². The Labute approximate surface area is 187 Å². The van der Waals surface area contributed by atoms with E-state index in [0.29, 0.717) is 23.0 Å². The smallest absolute Gasteiger partial charge is 0.343 e. The lowest BCUT2D eigenvalue weighted by molar-refractivity contribution is -0.123. The third-order valence-corrected chi connectivity index (χ3v) is 4.74. The maximum absolute atomic E-state index is 12.1. The molecular weight excluding hydrogens is 404 g/mol. The summed E-state index contributed by atoms with van der Waals surface area (Å²) in [7, 11) is 0. The molecule has 0 bridgehead atoms. The molecular formula is C26H26N2O4. The highest BCUT2D eigenvalue weighted by Crippen LogP contribution is 2.24. The summed E-state index contributed by atoms with van der Waals surface area (Å²) in [4.78, 5) is 24.1. The van der Waals surface area contributed by atoms with Gasteiger partial charge in [-0.2, -0.15) is 5.10 Å². The summed E-state index contributed by atoms with van der Waals surface area (Å²) in [5.74, 6) is 0.713. The standard InChI is InChI=1S/C26H26N2O4/c1-18(2)22-12-9-19(3)24(15-22)31-17-25(29)28-27-16-20-10-13-23(14-11-20)32-26(30)21-7-5-4-6-8-21/h4-16,18H,17H2,1-3H3,(H,28,29)/b27-16+. The Morgan fingerprint density at radius 1 is 1.00 bits per heavy atom. The van der Waals surface area contributed by atoms with E-state index >= 15 is 0 Å². The highest BCUT2D eigenvalue weighted by molar-refractivity contribution is 5.91. The first-order chi connectivity index (χ1) is 15.4. The topological polar surface area (TPSA) is 77.0 Å². The molecule has 0 radical (unpaired) electrons. The minimum absolute atomic E-state index is 0.131. The Morgan fingerprint density at radius 2 is 1.72 bits per heavy atom. The second-order valence-electron chi connectivity index (χ2n) is 7.59. The van der Waals surface area contributed by atoms with Crippen LogP contribution in [0, 0.1) is 6.92 Å². The maximum Gasteiger partial charge on any atom is 0.343 e. The van der Waals surface area contributed by atoms with Gasteiger partial charge in [-0.25, -0.2) is 10.2 Å². The molecule has 1 N–H and O–H groups in total. The molecule has 0 saturated heterocycles. The van der Waals surface area contributed by atoms with Gasteiger partial charge in [-0.3, -0.25) is 4.79 Å². The lowest BCUT2D eigenvalue weighted by Crippen LogP contribution is -2.24. The molecule has 0 aromatic heterocycles. The SMILES string of the molecule is Cc1ccc(C(C)C)cc1OCC(=O)N/N=C/c1ccc(OC(=O)c2ccccc2)cc1. The summed E-state index contributed by atoms with van der Waals surface area (Å²) < 4.78 is 11.0. The number of benzene rings is 3. The van der Waals surface area contributed by atoms with Crippen LogP contribution in [0.4, 0.5) is 0 Å². The molecule has 6 nitrogen and oxygen atoms in total. The molecule has 3 rings (SSSR count). The molecule has 164 valence electrons.